The first-order valence-corrected chi connectivity index (χ1v) is 24.2. The van der Waals surface area contributed by atoms with Gasteiger partial charge in [-0.3, -0.25) is 0 Å². The van der Waals surface area contributed by atoms with E-state index in [-0.39, 0.29) is 12.2 Å². The van der Waals surface area contributed by atoms with Gasteiger partial charge < -0.3 is 23.7 Å². The fourth-order valence-corrected chi connectivity index (χ4v) is 7.74. The highest BCUT2D eigenvalue weighted by atomic mass is 16.7. The van der Waals surface area contributed by atoms with Gasteiger partial charge in [0.15, 0.2) is 11.6 Å². The molecule has 5 heteroatoms. The van der Waals surface area contributed by atoms with Gasteiger partial charge >= 0.3 is 0 Å². The molecule has 0 amide bonds. The molecule has 0 aromatic carbocycles. The third-order valence-corrected chi connectivity index (χ3v) is 10.9. The Morgan fingerprint density at radius 1 is 0.283 bits per heavy atom. The van der Waals surface area contributed by atoms with Crippen LogP contribution >= 0.6 is 0 Å². The maximum Gasteiger partial charge on any atom is 0.194 e. The van der Waals surface area contributed by atoms with Crippen LogP contribution in [0, 0.1) is 0 Å². The third-order valence-electron chi connectivity index (χ3n) is 10.9. The van der Waals surface area contributed by atoms with Gasteiger partial charge in [0.2, 0.25) is 0 Å². The van der Waals surface area contributed by atoms with E-state index in [1.54, 1.807) is 0 Å². The van der Waals surface area contributed by atoms with E-state index in [9.17, 15) is 0 Å². The number of hydrogen-bond acceptors (Lipinski definition) is 5. The van der Waals surface area contributed by atoms with Crippen molar-refractivity contribution in [1.82, 2.24) is 0 Å². The van der Waals surface area contributed by atoms with E-state index in [1.165, 1.54) is 128 Å². The Labute approximate surface area is 333 Å². The molecule has 2 unspecified atom stereocenters. The molecule has 5 nitrogen and oxygen atoms in total. The number of unbranched alkanes of at least 4 members (excludes halogenated alkanes) is 20. The monoisotopic (exact) mass is 755 g/mol. The van der Waals surface area contributed by atoms with Gasteiger partial charge in [0.05, 0.1) is 0 Å². The van der Waals surface area contributed by atoms with Crippen LogP contribution in [0.5, 0.6) is 0 Å². The van der Waals surface area contributed by atoms with Gasteiger partial charge in [0, 0.05) is 39.3 Å². The van der Waals surface area contributed by atoms with Crippen LogP contribution in [0.4, 0.5) is 0 Å². The highest BCUT2D eigenvalue weighted by Gasteiger charge is 2.48. The molecule has 0 N–H and O–H groups in total. The highest BCUT2D eigenvalue weighted by molar-refractivity contribution is 4.88. The largest absolute Gasteiger partial charge is 0.364 e. The molecule has 0 heterocycles. The molecule has 0 fully saturated rings. The van der Waals surface area contributed by atoms with Crippen molar-refractivity contribution in [2.45, 2.75) is 285 Å². The van der Waals surface area contributed by atoms with Crippen molar-refractivity contribution in [2.75, 3.05) is 26.4 Å². The van der Waals surface area contributed by atoms with Gasteiger partial charge in [-0.15, -0.1) is 0 Å². The van der Waals surface area contributed by atoms with Gasteiger partial charge in [-0.2, -0.15) is 0 Å². The van der Waals surface area contributed by atoms with Gasteiger partial charge in [0.25, 0.3) is 0 Å². The van der Waals surface area contributed by atoms with E-state index in [0.29, 0.717) is 26.4 Å². The zero-order valence-electron chi connectivity index (χ0n) is 37.7. The summed E-state index contributed by atoms with van der Waals surface area (Å²) in [5.74, 6) is -1.49. The molecule has 0 aliphatic carbocycles. The minimum Gasteiger partial charge on any atom is -0.364 e. The van der Waals surface area contributed by atoms with Crippen molar-refractivity contribution in [3.8, 4) is 0 Å². The van der Waals surface area contributed by atoms with Crippen LogP contribution in [-0.2, 0) is 23.7 Å². The average molecular weight is 755 g/mol. The lowest BCUT2D eigenvalue weighted by molar-refractivity contribution is -0.346. The highest BCUT2D eigenvalue weighted by Crippen LogP contribution is 2.38. The van der Waals surface area contributed by atoms with Crippen LogP contribution in [-0.4, -0.2) is 50.2 Å². The molecule has 0 rings (SSSR count). The number of rotatable bonds is 44. The van der Waals surface area contributed by atoms with Crippen molar-refractivity contribution in [3.05, 3.63) is 0 Å². The molecular weight excluding hydrogens is 657 g/mol. The first-order chi connectivity index (χ1) is 26.0. The second-order valence-electron chi connectivity index (χ2n) is 16.3. The van der Waals surface area contributed by atoms with Crippen LogP contribution in [0.15, 0.2) is 0 Å². The van der Waals surface area contributed by atoms with E-state index >= 15 is 0 Å². The van der Waals surface area contributed by atoms with Crippen LogP contribution < -0.4 is 0 Å². The normalized spacial score (nSPS) is 13.6. The fourth-order valence-electron chi connectivity index (χ4n) is 7.74. The van der Waals surface area contributed by atoms with Gasteiger partial charge in [-0.25, -0.2) is 0 Å². The van der Waals surface area contributed by atoms with Crippen molar-refractivity contribution < 1.29 is 23.7 Å². The summed E-state index contributed by atoms with van der Waals surface area (Å²) in [7, 11) is 0. The Hall–Kier alpha value is -0.200. The summed E-state index contributed by atoms with van der Waals surface area (Å²) in [6, 6.07) is 0. The van der Waals surface area contributed by atoms with Crippen LogP contribution in [0.3, 0.4) is 0 Å². The second kappa shape index (κ2) is 38.7. The molecule has 0 aromatic heterocycles. The Bertz CT molecular complexity index is 640. The van der Waals surface area contributed by atoms with E-state index in [4.69, 9.17) is 23.7 Å². The lowest BCUT2D eigenvalue weighted by Gasteiger charge is -2.46. The van der Waals surface area contributed by atoms with Gasteiger partial charge in [-0.05, 0) is 51.4 Å². The molecule has 0 aliphatic rings. The van der Waals surface area contributed by atoms with Crippen LogP contribution in [0.2, 0.25) is 0 Å². The molecule has 0 saturated heterocycles. The zero-order chi connectivity index (χ0) is 39.1. The molecular formula is C48H98O5. The van der Waals surface area contributed by atoms with E-state index in [2.05, 4.69) is 55.4 Å². The second-order valence-corrected chi connectivity index (χ2v) is 16.3. The predicted octanol–water partition coefficient (Wildman–Crippen LogP) is 15.8. The maximum atomic E-state index is 7.45. The molecule has 0 saturated carbocycles. The number of hydrogen-bond donors (Lipinski definition) is 0. The molecule has 0 spiro atoms. The van der Waals surface area contributed by atoms with Crippen molar-refractivity contribution in [1.29, 1.82) is 0 Å². The summed E-state index contributed by atoms with van der Waals surface area (Å²) >= 11 is 0. The van der Waals surface area contributed by atoms with Crippen molar-refractivity contribution in [2.24, 2.45) is 0 Å². The Morgan fingerprint density at radius 3 is 0.755 bits per heavy atom. The molecule has 0 aromatic rings. The Morgan fingerprint density at radius 2 is 0.528 bits per heavy atom. The average Bonchev–Trinajstić information content (AvgIpc) is 3.17. The molecule has 320 valence electrons. The smallest absolute Gasteiger partial charge is 0.194 e. The SMILES string of the molecule is CCCCCCCCCCCCCC(OCCC)(OCCC)C(CCC)OC(CCC)C(CCCCCCCCCCCCC)(OCCC)OCCC. The summed E-state index contributed by atoms with van der Waals surface area (Å²) in [6.45, 7) is 20.7. The zero-order valence-corrected chi connectivity index (χ0v) is 37.7. The maximum absolute atomic E-state index is 7.45. The Balaban J connectivity index is 5.92. The first kappa shape index (κ1) is 52.8. The first-order valence-electron chi connectivity index (χ1n) is 24.2. The summed E-state index contributed by atoms with van der Waals surface area (Å²) in [4.78, 5) is 0. The molecule has 2 atom stereocenters. The lowest BCUT2D eigenvalue weighted by atomic mass is 9.94. The predicted molar refractivity (Wildman–Crippen MR) is 231 cm³/mol. The minimum absolute atomic E-state index is 0.169. The summed E-state index contributed by atoms with van der Waals surface area (Å²) in [6.07, 6.45) is 38.4. The summed E-state index contributed by atoms with van der Waals surface area (Å²) in [5.41, 5.74) is 0. The van der Waals surface area contributed by atoms with Crippen LogP contribution in [0.25, 0.3) is 0 Å². The Kier molecular flexibility index (Phi) is 38.5. The van der Waals surface area contributed by atoms with Crippen molar-refractivity contribution >= 4 is 0 Å². The van der Waals surface area contributed by atoms with E-state index in [1.807, 2.05) is 0 Å². The molecule has 0 aliphatic heterocycles. The third kappa shape index (κ3) is 26.4. The standard InChI is InChI=1S/C48H98O5/c1-9-17-19-21-23-25-27-29-31-33-35-39-47(49-41-13-5,50-42-14-6)45(37-11-3)53-46(38-12-4)48(51-43-15-7,52-44-16-8)40-36-34-32-30-28-26-24-22-20-18-10-2/h45-46H,9-44H2,1-8H3. The number of ether oxygens (including phenoxy) is 5. The van der Waals surface area contributed by atoms with E-state index in [0.717, 1.165) is 77.0 Å². The molecule has 0 bridgehead atoms. The lowest BCUT2D eigenvalue weighted by Crippen LogP contribution is -2.56. The van der Waals surface area contributed by atoms with Crippen LogP contribution in [0.1, 0.15) is 261 Å². The van der Waals surface area contributed by atoms with Gasteiger partial charge in [-0.1, -0.05) is 197 Å². The topological polar surface area (TPSA) is 46.2 Å². The minimum atomic E-state index is -0.745. The molecule has 53 heavy (non-hydrogen) atoms. The van der Waals surface area contributed by atoms with Gasteiger partial charge in [0.1, 0.15) is 12.2 Å². The quantitative estimate of drug-likeness (QED) is 0.0458. The summed E-state index contributed by atoms with van der Waals surface area (Å²) in [5, 5.41) is 0. The van der Waals surface area contributed by atoms with Crippen molar-refractivity contribution in [3.63, 3.8) is 0 Å². The molecule has 0 radical (unpaired) electrons. The fraction of sp³-hybridized carbons (Fsp3) is 1.00. The summed E-state index contributed by atoms with van der Waals surface area (Å²) < 4.78 is 35.0. The van der Waals surface area contributed by atoms with E-state index < -0.39 is 11.6 Å².